The third-order valence-electron chi connectivity index (χ3n) is 2.70. The highest BCUT2D eigenvalue weighted by Crippen LogP contribution is 2.06. The Kier molecular flexibility index (Phi) is 5.79. The van der Waals surface area contributed by atoms with E-state index in [9.17, 15) is 9.59 Å². The second kappa shape index (κ2) is 7.12. The molecule has 0 aliphatic rings. The molecule has 4 nitrogen and oxygen atoms in total. The van der Waals surface area contributed by atoms with Gasteiger partial charge in [-0.2, -0.15) is 0 Å². The van der Waals surface area contributed by atoms with Gasteiger partial charge in [0.2, 0.25) is 5.91 Å². The number of carbonyl (C=O) groups is 2. The lowest BCUT2D eigenvalue weighted by Gasteiger charge is -2.17. The fourth-order valence-electron chi connectivity index (χ4n) is 1.47. The number of hydrogen-bond acceptors (Lipinski definition) is 2. The van der Waals surface area contributed by atoms with Gasteiger partial charge in [0, 0.05) is 12.3 Å². The van der Waals surface area contributed by atoms with E-state index in [1.165, 1.54) is 0 Å². The molecule has 1 rings (SSSR count). The third-order valence-corrected chi connectivity index (χ3v) is 3.41. The van der Waals surface area contributed by atoms with E-state index < -0.39 is 12.0 Å². The minimum Gasteiger partial charge on any atom is -0.480 e. The largest absolute Gasteiger partial charge is 0.480 e. The van der Waals surface area contributed by atoms with E-state index in [1.54, 1.807) is 6.92 Å². The molecule has 0 radical (unpaired) electrons. The Morgan fingerprint density at radius 2 is 1.94 bits per heavy atom. The molecule has 0 saturated carbocycles. The second-order valence-electron chi connectivity index (χ2n) is 4.23. The first-order chi connectivity index (χ1) is 8.54. The fraction of sp³-hybridized carbons (Fsp3) is 0.385. The van der Waals surface area contributed by atoms with Crippen molar-refractivity contribution in [1.29, 1.82) is 0 Å². The Bertz CT molecular complexity index is 408. The molecule has 1 aromatic carbocycles. The average molecular weight is 267 g/mol. The van der Waals surface area contributed by atoms with Gasteiger partial charge in [0.05, 0.1) is 0 Å². The summed E-state index contributed by atoms with van der Waals surface area (Å²) in [6.45, 7) is 1.77. The van der Waals surface area contributed by atoms with E-state index >= 15 is 0 Å². The molecule has 2 N–H and O–H groups in total. The lowest BCUT2D eigenvalue weighted by atomic mass is 10.1. The highest BCUT2D eigenvalue weighted by molar-refractivity contribution is 7.16. The summed E-state index contributed by atoms with van der Waals surface area (Å²) in [5, 5.41) is 11.7. The quantitative estimate of drug-likeness (QED) is 0.764. The number of nitrogens with one attached hydrogen (secondary N) is 1. The van der Waals surface area contributed by atoms with Gasteiger partial charge in [-0.15, -0.1) is 9.24 Å². The number of carboxylic acid groups (broad SMARTS) is 1. The summed E-state index contributed by atoms with van der Waals surface area (Å²) in [6.07, 6.45) is 0.912. The van der Waals surface area contributed by atoms with Crippen LogP contribution in [-0.4, -0.2) is 29.2 Å². The first-order valence-corrected chi connectivity index (χ1v) is 6.63. The van der Waals surface area contributed by atoms with E-state index in [0.717, 1.165) is 5.56 Å². The highest BCUT2D eigenvalue weighted by atomic mass is 31.0. The zero-order valence-corrected chi connectivity index (χ0v) is 11.5. The van der Waals surface area contributed by atoms with Crippen LogP contribution in [0.25, 0.3) is 0 Å². The van der Waals surface area contributed by atoms with Crippen LogP contribution < -0.4 is 5.32 Å². The molecule has 0 aliphatic heterocycles. The molecule has 5 heteroatoms. The zero-order chi connectivity index (χ0) is 13.5. The fourth-order valence-corrected chi connectivity index (χ4v) is 1.68. The van der Waals surface area contributed by atoms with Gasteiger partial charge < -0.3 is 10.4 Å². The number of benzene rings is 1. The summed E-state index contributed by atoms with van der Waals surface area (Å²) in [6, 6.07) is 8.39. The Balaban J connectivity index is 2.67. The molecular weight excluding hydrogens is 249 g/mol. The van der Waals surface area contributed by atoms with Crippen LogP contribution in [0.4, 0.5) is 0 Å². The number of carbonyl (C=O) groups excluding carboxylic acids is 1. The summed E-state index contributed by atoms with van der Waals surface area (Å²) in [5.41, 5.74) is 0.892. The predicted octanol–water partition coefficient (Wildman–Crippen LogP) is 1.31. The van der Waals surface area contributed by atoms with Crippen molar-refractivity contribution in [3.63, 3.8) is 0 Å². The molecule has 0 saturated heterocycles. The van der Waals surface area contributed by atoms with E-state index in [0.29, 0.717) is 12.6 Å². The van der Waals surface area contributed by atoms with Crippen LogP contribution in [0, 0.1) is 5.92 Å². The molecule has 0 aliphatic carbocycles. The van der Waals surface area contributed by atoms with Gasteiger partial charge in [0.25, 0.3) is 0 Å². The van der Waals surface area contributed by atoms with E-state index in [2.05, 4.69) is 14.6 Å². The van der Waals surface area contributed by atoms with Gasteiger partial charge in [0.15, 0.2) is 0 Å². The minimum absolute atomic E-state index is 0.201. The van der Waals surface area contributed by atoms with Crippen LogP contribution >= 0.6 is 9.24 Å². The van der Waals surface area contributed by atoms with Crippen LogP contribution in [0.5, 0.6) is 0 Å². The number of rotatable bonds is 6. The van der Waals surface area contributed by atoms with Crippen molar-refractivity contribution >= 4 is 21.1 Å². The van der Waals surface area contributed by atoms with Crippen LogP contribution in [0.1, 0.15) is 12.5 Å². The third kappa shape index (κ3) is 4.46. The van der Waals surface area contributed by atoms with E-state index in [1.807, 2.05) is 30.3 Å². The monoisotopic (exact) mass is 267 g/mol. The van der Waals surface area contributed by atoms with Gasteiger partial charge in [-0.05, 0) is 11.7 Å². The molecule has 0 spiro atoms. The average Bonchev–Trinajstić information content (AvgIpc) is 2.37. The Labute approximate surface area is 109 Å². The Hall–Kier alpha value is -1.41. The van der Waals surface area contributed by atoms with Gasteiger partial charge in [-0.1, -0.05) is 37.3 Å². The topological polar surface area (TPSA) is 66.4 Å². The molecule has 1 aromatic rings. The normalized spacial score (nSPS) is 13.7. The Morgan fingerprint density at radius 3 is 2.44 bits per heavy atom. The first kappa shape index (κ1) is 14.7. The summed E-state index contributed by atoms with van der Waals surface area (Å²) in [4.78, 5) is 22.8. The van der Waals surface area contributed by atoms with Gasteiger partial charge >= 0.3 is 5.97 Å². The predicted molar refractivity (Wildman–Crippen MR) is 73.5 cm³/mol. The second-order valence-corrected chi connectivity index (χ2v) is 4.70. The Morgan fingerprint density at radius 1 is 1.33 bits per heavy atom. The number of hydrogen-bond donors (Lipinski definition) is 2. The molecule has 98 valence electrons. The smallest absolute Gasteiger partial charge is 0.326 e. The van der Waals surface area contributed by atoms with Crippen LogP contribution in [0.2, 0.25) is 0 Å². The number of amides is 1. The van der Waals surface area contributed by atoms with Crippen molar-refractivity contribution in [2.24, 2.45) is 5.92 Å². The summed E-state index contributed by atoms with van der Waals surface area (Å²) >= 11 is 0. The summed E-state index contributed by atoms with van der Waals surface area (Å²) < 4.78 is 0. The van der Waals surface area contributed by atoms with Crippen molar-refractivity contribution < 1.29 is 14.7 Å². The number of carboxylic acids is 1. The lowest BCUT2D eigenvalue weighted by molar-refractivity contribution is -0.142. The van der Waals surface area contributed by atoms with Crippen molar-refractivity contribution in [3.8, 4) is 0 Å². The van der Waals surface area contributed by atoms with Gasteiger partial charge in [0.1, 0.15) is 6.04 Å². The molecule has 0 heterocycles. The SMILES string of the molecule is CC(CP)C(=O)NC(Cc1ccccc1)C(=O)O. The maximum Gasteiger partial charge on any atom is 0.326 e. The molecule has 1 amide bonds. The summed E-state index contributed by atoms with van der Waals surface area (Å²) in [5.74, 6) is -1.44. The molecular formula is C13H18NO3P. The number of aliphatic carboxylic acids is 1. The van der Waals surface area contributed by atoms with Crippen LogP contribution in [0.3, 0.4) is 0 Å². The van der Waals surface area contributed by atoms with Crippen molar-refractivity contribution in [2.45, 2.75) is 19.4 Å². The van der Waals surface area contributed by atoms with Crippen molar-refractivity contribution in [1.82, 2.24) is 5.32 Å². The maximum absolute atomic E-state index is 11.7. The van der Waals surface area contributed by atoms with E-state index in [-0.39, 0.29) is 11.8 Å². The first-order valence-electron chi connectivity index (χ1n) is 5.81. The molecule has 0 bridgehead atoms. The van der Waals surface area contributed by atoms with Crippen LogP contribution in [0.15, 0.2) is 30.3 Å². The standard InChI is InChI=1S/C13H18NO3P/c1-9(8-18)12(15)14-11(13(16)17)7-10-5-3-2-4-6-10/h2-6,9,11H,7-8,18H2,1H3,(H,14,15)(H,16,17). The minimum atomic E-state index is -1.01. The maximum atomic E-state index is 11.7. The molecule has 0 fully saturated rings. The van der Waals surface area contributed by atoms with Crippen molar-refractivity contribution in [3.05, 3.63) is 35.9 Å². The highest BCUT2D eigenvalue weighted by Gasteiger charge is 2.22. The van der Waals surface area contributed by atoms with Crippen molar-refractivity contribution in [2.75, 3.05) is 6.16 Å². The summed E-state index contributed by atoms with van der Waals surface area (Å²) in [7, 11) is 2.48. The molecule has 3 unspecified atom stereocenters. The van der Waals surface area contributed by atoms with E-state index in [4.69, 9.17) is 5.11 Å². The molecule has 3 atom stereocenters. The molecule has 0 aromatic heterocycles. The lowest BCUT2D eigenvalue weighted by Crippen LogP contribution is -2.44. The van der Waals surface area contributed by atoms with Gasteiger partial charge in [-0.25, -0.2) is 4.79 Å². The van der Waals surface area contributed by atoms with Gasteiger partial charge in [-0.3, -0.25) is 4.79 Å². The van der Waals surface area contributed by atoms with Crippen LogP contribution in [-0.2, 0) is 16.0 Å². The molecule has 18 heavy (non-hydrogen) atoms. The zero-order valence-electron chi connectivity index (χ0n) is 10.3.